The molecule has 2 aliphatic heterocycles. The zero-order valence-corrected chi connectivity index (χ0v) is 21.0. The SMILES string of the molecule is CCCc1cc2c(c(F)c1F)Oc1c(ccc(C3CCC(C4CCC(CCC)OC4)CC3)c1F)C2. The van der Waals surface area contributed by atoms with Gasteiger partial charge in [0.05, 0.1) is 12.7 Å². The molecule has 2 atom stereocenters. The Morgan fingerprint density at radius 2 is 1.54 bits per heavy atom. The molecular weight excluding hydrogens is 449 g/mol. The predicted molar refractivity (Wildman–Crippen MR) is 132 cm³/mol. The first-order valence-corrected chi connectivity index (χ1v) is 13.6. The highest BCUT2D eigenvalue weighted by atomic mass is 19.2. The third kappa shape index (κ3) is 4.85. The third-order valence-electron chi connectivity index (χ3n) is 8.52. The van der Waals surface area contributed by atoms with E-state index in [1.165, 1.54) is 12.8 Å². The van der Waals surface area contributed by atoms with E-state index in [-0.39, 0.29) is 17.4 Å². The molecule has 3 aliphatic rings. The van der Waals surface area contributed by atoms with Crippen LogP contribution in [0.4, 0.5) is 13.2 Å². The third-order valence-corrected chi connectivity index (χ3v) is 8.52. The van der Waals surface area contributed by atoms with Crippen molar-refractivity contribution >= 4 is 0 Å². The summed E-state index contributed by atoms with van der Waals surface area (Å²) in [6.07, 6.45) is 10.7. The fraction of sp³-hybridized carbons (Fsp3) is 0.600. The van der Waals surface area contributed by atoms with Crippen molar-refractivity contribution in [2.45, 2.75) is 96.5 Å². The van der Waals surface area contributed by atoms with E-state index < -0.39 is 17.5 Å². The molecule has 0 radical (unpaired) electrons. The quantitative estimate of drug-likeness (QED) is 0.347. The topological polar surface area (TPSA) is 18.5 Å². The molecule has 2 fully saturated rings. The summed E-state index contributed by atoms with van der Waals surface area (Å²) in [6.45, 7) is 5.00. The van der Waals surface area contributed by atoms with Crippen LogP contribution in [0.2, 0.25) is 0 Å². The van der Waals surface area contributed by atoms with Crippen LogP contribution >= 0.6 is 0 Å². The van der Waals surface area contributed by atoms with Crippen molar-refractivity contribution in [2.75, 3.05) is 6.61 Å². The molecule has 2 aromatic rings. The van der Waals surface area contributed by atoms with Gasteiger partial charge >= 0.3 is 0 Å². The highest BCUT2D eigenvalue weighted by Gasteiger charge is 2.34. The molecule has 0 N–H and O–H groups in total. The van der Waals surface area contributed by atoms with Gasteiger partial charge in [-0.2, -0.15) is 4.39 Å². The minimum atomic E-state index is -1.00. The highest BCUT2D eigenvalue weighted by molar-refractivity contribution is 5.54. The summed E-state index contributed by atoms with van der Waals surface area (Å²) >= 11 is 0. The van der Waals surface area contributed by atoms with Crippen molar-refractivity contribution in [1.82, 2.24) is 0 Å². The van der Waals surface area contributed by atoms with Gasteiger partial charge in [-0.3, -0.25) is 0 Å². The molecular formula is C30H37F3O2. The summed E-state index contributed by atoms with van der Waals surface area (Å²) in [5.41, 5.74) is 2.29. The monoisotopic (exact) mass is 486 g/mol. The molecule has 5 rings (SSSR count). The minimum absolute atomic E-state index is 0.0707. The average molecular weight is 487 g/mol. The Morgan fingerprint density at radius 1 is 0.800 bits per heavy atom. The van der Waals surface area contributed by atoms with Crippen molar-refractivity contribution in [2.24, 2.45) is 11.8 Å². The summed E-state index contributed by atoms with van der Waals surface area (Å²) in [5.74, 6) is -0.978. The second kappa shape index (κ2) is 10.5. The van der Waals surface area contributed by atoms with Gasteiger partial charge in [-0.05, 0) is 86.3 Å². The van der Waals surface area contributed by atoms with Crippen molar-refractivity contribution in [1.29, 1.82) is 0 Å². The van der Waals surface area contributed by atoms with E-state index in [1.54, 1.807) is 6.07 Å². The van der Waals surface area contributed by atoms with E-state index in [1.807, 2.05) is 19.1 Å². The van der Waals surface area contributed by atoms with Crippen LogP contribution in [0.25, 0.3) is 0 Å². The van der Waals surface area contributed by atoms with Crippen LogP contribution in [0.3, 0.4) is 0 Å². The van der Waals surface area contributed by atoms with Gasteiger partial charge in [0, 0.05) is 17.5 Å². The highest BCUT2D eigenvalue weighted by Crippen LogP contribution is 2.46. The van der Waals surface area contributed by atoms with Crippen LogP contribution in [-0.4, -0.2) is 12.7 Å². The zero-order valence-electron chi connectivity index (χ0n) is 21.0. The first-order valence-electron chi connectivity index (χ1n) is 13.6. The summed E-state index contributed by atoms with van der Waals surface area (Å²) in [5, 5.41) is 0. The van der Waals surface area contributed by atoms with Crippen LogP contribution in [0, 0.1) is 29.3 Å². The van der Waals surface area contributed by atoms with Crippen LogP contribution in [-0.2, 0) is 17.6 Å². The van der Waals surface area contributed by atoms with E-state index in [4.69, 9.17) is 9.47 Å². The van der Waals surface area contributed by atoms with Crippen molar-refractivity contribution < 1.29 is 22.6 Å². The molecule has 2 heterocycles. The first-order chi connectivity index (χ1) is 17.0. The summed E-state index contributed by atoms with van der Waals surface area (Å²) in [7, 11) is 0. The van der Waals surface area contributed by atoms with E-state index in [0.29, 0.717) is 53.0 Å². The summed E-state index contributed by atoms with van der Waals surface area (Å²) in [4.78, 5) is 0. The fourth-order valence-electron chi connectivity index (χ4n) is 6.55. The largest absolute Gasteiger partial charge is 0.450 e. The summed E-state index contributed by atoms with van der Waals surface area (Å²) in [6, 6.07) is 5.47. The smallest absolute Gasteiger partial charge is 0.201 e. The second-order valence-corrected chi connectivity index (χ2v) is 10.8. The van der Waals surface area contributed by atoms with E-state index in [2.05, 4.69) is 6.92 Å². The Morgan fingerprint density at radius 3 is 2.23 bits per heavy atom. The average Bonchev–Trinajstić information content (AvgIpc) is 2.88. The Balaban J connectivity index is 1.28. The van der Waals surface area contributed by atoms with Gasteiger partial charge in [-0.1, -0.05) is 38.8 Å². The molecule has 0 bridgehead atoms. The fourth-order valence-corrected chi connectivity index (χ4v) is 6.55. The Bertz CT molecular complexity index is 1050. The number of fused-ring (bicyclic) bond motifs is 2. The standard InChI is InChI=1S/C30H37F3O2/c1-3-5-20-15-23-16-21-12-14-25(27(32)29(21)35-30(23)28(33)26(20)31)19-9-7-18(8-10-19)22-11-13-24(6-4-2)34-17-22/h12,14-15,18-19,22,24H,3-11,13,16-17H2,1-2H3. The van der Waals surface area contributed by atoms with Gasteiger partial charge in [-0.25, -0.2) is 8.78 Å². The van der Waals surface area contributed by atoms with Crippen LogP contribution in [0.15, 0.2) is 18.2 Å². The van der Waals surface area contributed by atoms with Gasteiger partial charge < -0.3 is 9.47 Å². The maximum atomic E-state index is 15.7. The number of halogens is 3. The van der Waals surface area contributed by atoms with Crippen molar-refractivity contribution in [3.05, 3.63) is 57.9 Å². The molecule has 0 aromatic heterocycles. The molecule has 2 nitrogen and oxygen atoms in total. The van der Waals surface area contributed by atoms with Gasteiger partial charge in [0.15, 0.2) is 23.1 Å². The first kappa shape index (κ1) is 24.7. The molecule has 35 heavy (non-hydrogen) atoms. The molecule has 2 aromatic carbocycles. The van der Waals surface area contributed by atoms with Crippen molar-refractivity contribution in [3.63, 3.8) is 0 Å². The van der Waals surface area contributed by atoms with Gasteiger partial charge in [0.2, 0.25) is 5.82 Å². The van der Waals surface area contributed by atoms with Gasteiger partial charge in [-0.15, -0.1) is 0 Å². The van der Waals surface area contributed by atoms with E-state index in [0.717, 1.165) is 51.6 Å². The van der Waals surface area contributed by atoms with Crippen LogP contribution in [0.5, 0.6) is 11.5 Å². The molecule has 1 saturated heterocycles. The normalized spacial score (nSPS) is 26.1. The lowest BCUT2D eigenvalue weighted by Crippen LogP contribution is -2.32. The molecule has 5 heteroatoms. The minimum Gasteiger partial charge on any atom is -0.450 e. The Hall–Kier alpha value is -2.01. The molecule has 1 saturated carbocycles. The second-order valence-electron chi connectivity index (χ2n) is 10.8. The van der Waals surface area contributed by atoms with Crippen LogP contribution < -0.4 is 4.74 Å². The Labute approximate surface area is 207 Å². The Kier molecular flexibility index (Phi) is 7.43. The molecule has 0 amide bonds. The number of rotatable bonds is 6. The lowest BCUT2D eigenvalue weighted by atomic mass is 9.72. The maximum absolute atomic E-state index is 15.7. The lowest BCUT2D eigenvalue weighted by molar-refractivity contribution is -0.0409. The van der Waals surface area contributed by atoms with Crippen LogP contribution in [0.1, 0.15) is 99.8 Å². The maximum Gasteiger partial charge on any atom is 0.201 e. The van der Waals surface area contributed by atoms with Gasteiger partial charge in [0.1, 0.15) is 0 Å². The predicted octanol–water partition coefficient (Wildman–Crippen LogP) is 8.62. The number of hydrogen-bond acceptors (Lipinski definition) is 2. The number of ether oxygens (including phenoxy) is 2. The molecule has 1 aliphatic carbocycles. The van der Waals surface area contributed by atoms with E-state index >= 15 is 4.39 Å². The van der Waals surface area contributed by atoms with Gasteiger partial charge in [0.25, 0.3) is 0 Å². The summed E-state index contributed by atoms with van der Waals surface area (Å²) < 4.78 is 56.8. The number of benzene rings is 2. The number of aryl methyl sites for hydroxylation is 1. The number of hydrogen-bond donors (Lipinski definition) is 0. The zero-order chi connectivity index (χ0) is 24.5. The van der Waals surface area contributed by atoms with Crippen molar-refractivity contribution in [3.8, 4) is 11.5 Å². The molecule has 2 unspecified atom stereocenters. The molecule has 0 spiro atoms. The molecule has 190 valence electrons. The van der Waals surface area contributed by atoms with E-state index in [9.17, 15) is 8.78 Å². The lowest BCUT2D eigenvalue weighted by Gasteiger charge is -2.38.